The van der Waals surface area contributed by atoms with E-state index < -0.39 is 0 Å². The van der Waals surface area contributed by atoms with Crippen LogP contribution in [0.2, 0.25) is 30.1 Å². The molecule has 3 aromatic heterocycles. The van der Waals surface area contributed by atoms with Crippen LogP contribution >= 0.6 is 97.9 Å². The number of allylic oxidation sites excluding steroid dienone is 1. The van der Waals surface area contributed by atoms with Gasteiger partial charge in [-0.3, -0.25) is 19.6 Å². The van der Waals surface area contributed by atoms with Crippen LogP contribution in [0.25, 0.3) is 11.1 Å². The molecule has 0 spiro atoms. The fraction of sp³-hybridized carbons (Fsp3) is 0.200. The number of nitrogens with zero attached hydrogens (tertiary/aromatic N) is 3. The number of rotatable bonds is 9. The van der Waals surface area contributed by atoms with Crippen LogP contribution in [-0.2, 0) is 14.2 Å². The van der Waals surface area contributed by atoms with Crippen molar-refractivity contribution >= 4 is 121 Å². The van der Waals surface area contributed by atoms with Gasteiger partial charge in [0.25, 0.3) is 0 Å². The molecule has 1 aromatic carbocycles. The van der Waals surface area contributed by atoms with Crippen molar-refractivity contribution in [2.75, 3.05) is 0 Å². The number of pyridine rings is 3. The van der Waals surface area contributed by atoms with E-state index in [1.165, 1.54) is 39.2 Å². The third-order valence-electron chi connectivity index (χ3n) is 5.75. The van der Waals surface area contributed by atoms with Gasteiger partial charge in [0.2, 0.25) is 0 Å². The van der Waals surface area contributed by atoms with Gasteiger partial charge >= 0.3 is 11.3 Å². The number of benzene rings is 1. The topological polar surface area (TPSA) is 173 Å². The van der Waals surface area contributed by atoms with Crippen molar-refractivity contribution in [1.29, 1.82) is 0 Å². The molecule has 53 heavy (non-hydrogen) atoms. The van der Waals surface area contributed by atoms with E-state index in [-0.39, 0.29) is 88.4 Å². The number of ketones is 4. The third-order valence-corrected chi connectivity index (χ3v) is 8.12. The van der Waals surface area contributed by atoms with Gasteiger partial charge in [0.1, 0.15) is 33.3 Å². The summed E-state index contributed by atoms with van der Waals surface area (Å²) in [5.74, 6) is -0.381. The first-order chi connectivity index (χ1) is 24.4. The SMILES string of the molecule is CC(=O)CCC(=O)c1ncc(-c2cccc(Cl)c2)cc1Cl.CC(=O)CCC(=O)c1ncc(Cl)cc1Cl.CC(O)=CN.Cl.Clc1cnc(Br)c(Cl)c1.[C-]#[O+]. The van der Waals surface area contributed by atoms with Crippen molar-refractivity contribution in [2.45, 2.75) is 46.5 Å². The summed E-state index contributed by atoms with van der Waals surface area (Å²) in [6.07, 6.45) is 6.26. The summed E-state index contributed by atoms with van der Waals surface area (Å²) in [6.45, 7) is 8.90. The summed E-state index contributed by atoms with van der Waals surface area (Å²) < 4.78 is 8.12. The molecule has 3 heterocycles. The molecule has 3 N–H and O–H groups in total. The van der Waals surface area contributed by atoms with E-state index in [4.69, 9.17) is 85.1 Å². The number of carbonyl (C=O) groups is 4. The first-order valence-electron chi connectivity index (χ1n) is 14.5. The molecule has 0 amide bonds. The van der Waals surface area contributed by atoms with E-state index in [9.17, 15) is 19.2 Å². The summed E-state index contributed by atoms with van der Waals surface area (Å²) in [6, 6.07) is 12.1. The Morgan fingerprint density at radius 2 is 1.13 bits per heavy atom. The molecule has 0 unspecified atom stereocenters. The second-order valence-corrected chi connectivity index (χ2v) is 13.3. The van der Waals surface area contributed by atoms with E-state index in [0.717, 1.165) is 17.3 Å². The first kappa shape index (κ1) is 52.0. The van der Waals surface area contributed by atoms with Crippen LogP contribution in [0.3, 0.4) is 0 Å². The Kier molecular flexibility index (Phi) is 27.9. The summed E-state index contributed by atoms with van der Waals surface area (Å²) in [5, 5.41) is 10.7. The molecule has 284 valence electrons. The van der Waals surface area contributed by atoms with Crippen molar-refractivity contribution in [3.63, 3.8) is 0 Å². The van der Waals surface area contributed by atoms with Gasteiger partial charge in [-0.2, -0.15) is 0 Å². The third kappa shape index (κ3) is 22.0. The van der Waals surface area contributed by atoms with E-state index in [2.05, 4.69) is 37.5 Å². The molecule has 0 aliphatic rings. The summed E-state index contributed by atoms with van der Waals surface area (Å²) in [7, 11) is 0. The number of hydrogen-bond donors (Lipinski definition) is 2. The van der Waals surface area contributed by atoms with Gasteiger partial charge in [0.05, 0.1) is 25.1 Å². The number of nitrogens with two attached hydrogens (primary N) is 1. The summed E-state index contributed by atoms with van der Waals surface area (Å²) in [4.78, 5) is 56.9. The molecule has 0 fully saturated rings. The van der Waals surface area contributed by atoms with E-state index >= 15 is 0 Å². The zero-order chi connectivity index (χ0) is 40.0. The Hall–Kier alpha value is -3.06. The van der Waals surface area contributed by atoms with Gasteiger partial charge in [-0.15, -0.1) is 12.4 Å². The van der Waals surface area contributed by atoms with Crippen LogP contribution in [0.4, 0.5) is 0 Å². The number of carbonyl (C=O) groups excluding carboxylic acids is 4. The fourth-order valence-corrected chi connectivity index (χ4v) is 4.85. The maximum atomic E-state index is 12.0. The number of aliphatic hydroxyl groups is 1. The van der Waals surface area contributed by atoms with Crippen LogP contribution in [0.5, 0.6) is 0 Å². The molecule has 4 aromatic rings. The number of aliphatic hydroxyl groups excluding tert-OH is 1. The molecule has 0 saturated carbocycles. The Morgan fingerprint density at radius 1 is 0.698 bits per heavy atom. The van der Waals surface area contributed by atoms with Gasteiger partial charge < -0.3 is 20.4 Å². The average molecular weight is 933 g/mol. The van der Waals surface area contributed by atoms with E-state index in [1.807, 2.05) is 12.1 Å². The molecule has 0 bridgehead atoms. The predicted molar refractivity (Wildman–Crippen MR) is 216 cm³/mol. The van der Waals surface area contributed by atoms with Gasteiger partial charge in [0.15, 0.2) is 11.6 Å². The Morgan fingerprint density at radius 3 is 1.51 bits per heavy atom. The van der Waals surface area contributed by atoms with Crippen molar-refractivity contribution in [3.05, 3.63) is 126 Å². The maximum absolute atomic E-state index is 12.0. The van der Waals surface area contributed by atoms with Crippen molar-refractivity contribution in [1.82, 2.24) is 15.0 Å². The molecule has 0 atom stereocenters. The minimum absolute atomic E-state index is 0. The Labute approximate surface area is 351 Å². The van der Waals surface area contributed by atoms with Crippen LogP contribution in [-0.4, -0.2) is 43.2 Å². The molecule has 10 nitrogen and oxygen atoms in total. The molecule has 0 radical (unpaired) electrons. The quantitative estimate of drug-likeness (QED) is 0.0544. The van der Waals surface area contributed by atoms with Crippen molar-refractivity contribution in [2.24, 2.45) is 5.73 Å². The second kappa shape index (κ2) is 28.4. The minimum atomic E-state index is -0.244. The van der Waals surface area contributed by atoms with Crippen LogP contribution in [0.1, 0.15) is 67.4 Å². The molecular weight excluding hydrogens is 900 g/mol. The standard InChI is InChI=1S/C16H13Cl2NO2.C10H9Cl2NO2.C5H2BrCl2N.C3H7NO.CO.ClH/c1-10(20)5-6-15(21)16-14(18)8-12(9-19-16)11-3-2-4-13(17)7-11;1-6(14)2-3-9(15)10-8(12)4-7(11)5-13-10;6-5-4(8)1-3(7)2-9-5;1-3(5)2-4;1-2;/h2-4,7-9H,5-6H2,1H3;4-5H,2-3H2,1H3;1-2H;2,5H,4H2,1H3;;1H. The van der Waals surface area contributed by atoms with Gasteiger partial charge in [-0.1, -0.05) is 81.7 Å². The molecule has 0 saturated heterocycles. The van der Waals surface area contributed by atoms with Crippen molar-refractivity contribution < 1.29 is 28.9 Å². The fourth-order valence-electron chi connectivity index (χ4n) is 3.30. The number of halogens is 8. The second-order valence-electron chi connectivity index (χ2n) is 10.0. The van der Waals surface area contributed by atoms with Crippen LogP contribution < -0.4 is 5.73 Å². The number of aromatic nitrogens is 3. The Bertz CT molecular complexity index is 1890. The Balaban J connectivity index is 0. The molecule has 0 aliphatic heterocycles. The van der Waals surface area contributed by atoms with Gasteiger partial charge in [-0.05, 0) is 72.6 Å². The number of hydrogen-bond acceptors (Lipinski definition) is 9. The van der Waals surface area contributed by atoms with E-state index in [0.29, 0.717) is 24.7 Å². The van der Waals surface area contributed by atoms with Gasteiger partial charge in [0, 0.05) is 61.1 Å². The molecule has 0 aliphatic carbocycles. The first-order valence-corrected chi connectivity index (χ1v) is 17.5. The number of Topliss-reactive ketones (excluding diaryl/α,β-unsaturated/α-hetero) is 4. The molecule has 18 heteroatoms. The zero-order valence-electron chi connectivity index (χ0n) is 28.1. The normalized spacial score (nSPS) is 9.77. The summed E-state index contributed by atoms with van der Waals surface area (Å²) >= 11 is 37.8. The van der Waals surface area contributed by atoms with Crippen LogP contribution in [0.15, 0.2) is 77.6 Å². The predicted octanol–water partition coefficient (Wildman–Crippen LogP) is 11.4. The van der Waals surface area contributed by atoms with Crippen molar-refractivity contribution in [3.8, 4) is 11.1 Å². The van der Waals surface area contributed by atoms with Gasteiger partial charge in [-0.25, -0.2) is 4.98 Å². The monoisotopic (exact) mass is 928 g/mol. The average Bonchev–Trinajstić information content (AvgIpc) is 3.09. The zero-order valence-corrected chi connectivity index (χ0v) is 35.1. The molecule has 4 rings (SSSR count). The summed E-state index contributed by atoms with van der Waals surface area (Å²) in [5.41, 5.74) is 6.78. The molecular formula is C35H32BrCl7N4O6. The van der Waals surface area contributed by atoms with E-state index in [1.54, 1.807) is 30.5 Å². The van der Waals surface area contributed by atoms with Crippen LogP contribution in [0, 0.1) is 6.65 Å².